The molecule has 2 atom stereocenters. The predicted octanol–water partition coefficient (Wildman–Crippen LogP) is 3.13. The van der Waals surface area contributed by atoms with Crippen LogP contribution in [0.4, 0.5) is 0 Å². The molecule has 20 heavy (non-hydrogen) atoms. The second-order valence-electron chi connectivity index (χ2n) is 5.64. The number of hydrogen-bond donors (Lipinski definition) is 1. The topological polar surface area (TPSA) is 32.5 Å². The van der Waals surface area contributed by atoms with Gasteiger partial charge in [-0.15, -0.1) is 0 Å². The van der Waals surface area contributed by atoms with Gasteiger partial charge in [0.25, 0.3) is 0 Å². The largest absolute Gasteiger partial charge is 0.329 e. The summed E-state index contributed by atoms with van der Waals surface area (Å²) in [4.78, 5) is 4.80. The predicted molar refractivity (Wildman–Crippen MR) is 89.2 cm³/mol. The van der Waals surface area contributed by atoms with Crippen molar-refractivity contribution in [2.45, 2.75) is 24.9 Å². The molecule has 0 bridgehead atoms. The van der Waals surface area contributed by atoms with Crippen molar-refractivity contribution in [3.8, 4) is 0 Å². The summed E-state index contributed by atoms with van der Waals surface area (Å²) in [5.74, 6) is 0. The third kappa shape index (κ3) is 3.74. The molecule has 3 nitrogen and oxygen atoms in total. The molecule has 0 radical (unpaired) electrons. The van der Waals surface area contributed by atoms with Crippen LogP contribution >= 0.6 is 27.5 Å². The molecule has 5 heteroatoms. The van der Waals surface area contributed by atoms with E-state index in [9.17, 15) is 0 Å². The summed E-state index contributed by atoms with van der Waals surface area (Å²) in [5.41, 5.74) is 7.22. The Morgan fingerprint density at radius 1 is 1.55 bits per heavy atom. The van der Waals surface area contributed by atoms with Crippen LogP contribution in [0.2, 0.25) is 5.02 Å². The summed E-state index contributed by atoms with van der Waals surface area (Å²) in [7, 11) is 4.36. The van der Waals surface area contributed by atoms with Gasteiger partial charge in [0.15, 0.2) is 0 Å². The highest BCUT2D eigenvalue weighted by Gasteiger charge is 2.27. The maximum Gasteiger partial charge on any atom is 0.0482 e. The lowest BCUT2D eigenvalue weighted by molar-refractivity contribution is 0.101. The lowest BCUT2D eigenvalue weighted by Crippen LogP contribution is -2.47. The van der Waals surface area contributed by atoms with Crippen molar-refractivity contribution in [1.82, 2.24) is 9.80 Å². The Balaban J connectivity index is 2.20. The minimum absolute atomic E-state index is 0.194. The number of likely N-dealkylation sites (N-methyl/N-ethyl adjacent to an activating group) is 2. The van der Waals surface area contributed by atoms with Gasteiger partial charge in [-0.2, -0.15) is 0 Å². The van der Waals surface area contributed by atoms with Crippen LogP contribution in [0.5, 0.6) is 0 Å². The molecule has 112 valence electrons. The van der Waals surface area contributed by atoms with Crippen LogP contribution in [-0.4, -0.2) is 49.6 Å². The van der Waals surface area contributed by atoms with E-state index >= 15 is 0 Å². The van der Waals surface area contributed by atoms with Gasteiger partial charge in [-0.3, -0.25) is 4.90 Å². The standard InChI is InChI=1S/C15H23BrClN3/c1-19-7-3-4-12(10-19)20(2)15(9-18)13-8-11(17)5-6-14(13)16/h5-6,8,12,15H,3-4,7,9-10,18H2,1-2H3. The van der Waals surface area contributed by atoms with E-state index in [4.69, 9.17) is 17.3 Å². The lowest BCUT2D eigenvalue weighted by atomic mass is 9.99. The highest BCUT2D eigenvalue weighted by Crippen LogP contribution is 2.31. The average molecular weight is 361 g/mol. The number of hydrogen-bond acceptors (Lipinski definition) is 3. The van der Waals surface area contributed by atoms with Gasteiger partial charge < -0.3 is 10.6 Å². The second-order valence-corrected chi connectivity index (χ2v) is 6.93. The molecule has 2 rings (SSSR count). The fraction of sp³-hybridized carbons (Fsp3) is 0.600. The Labute approximate surface area is 135 Å². The molecule has 2 unspecified atom stereocenters. The van der Waals surface area contributed by atoms with Crippen LogP contribution in [-0.2, 0) is 0 Å². The molecule has 1 heterocycles. The van der Waals surface area contributed by atoms with E-state index in [-0.39, 0.29) is 6.04 Å². The van der Waals surface area contributed by atoms with Crippen molar-refractivity contribution in [2.75, 3.05) is 33.7 Å². The second kappa shape index (κ2) is 7.23. The molecule has 1 fully saturated rings. The zero-order chi connectivity index (χ0) is 14.7. The van der Waals surface area contributed by atoms with Crippen LogP contribution in [0.15, 0.2) is 22.7 Å². The summed E-state index contributed by atoms with van der Waals surface area (Å²) >= 11 is 9.77. The number of rotatable bonds is 4. The van der Waals surface area contributed by atoms with Crippen molar-refractivity contribution >= 4 is 27.5 Å². The molecular formula is C15H23BrClN3. The summed E-state index contributed by atoms with van der Waals surface area (Å²) in [6, 6.07) is 6.66. The third-order valence-corrected chi connectivity index (χ3v) is 5.16. The third-order valence-electron chi connectivity index (χ3n) is 4.21. The van der Waals surface area contributed by atoms with Crippen LogP contribution in [0.3, 0.4) is 0 Å². The van der Waals surface area contributed by atoms with Gasteiger partial charge >= 0.3 is 0 Å². The fourth-order valence-electron chi connectivity index (χ4n) is 3.01. The first-order valence-corrected chi connectivity index (χ1v) is 8.25. The Kier molecular flexibility index (Phi) is 5.87. The first kappa shape index (κ1) is 16.2. The molecule has 1 saturated heterocycles. The minimum Gasteiger partial charge on any atom is -0.329 e. The highest BCUT2D eigenvalue weighted by atomic mass is 79.9. The molecule has 0 aromatic heterocycles. The van der Waals surface area contributed by atoms with Gasteiger partial charge in [-0.25, -0.2) is 0 Å². The van der Waals surface area contributed by atoms with Crippen molar-refractivity contribution in [2.24, 2.45) is 5.73 Å². The van der Waals surface area contributed by atoms with Crippen LogP contribution in [0.1, 0.15) is 24.4 Å². The summed E-state index contributed by atoms with van der Waals surface area (Å²) in [6.07, 6.45) is 2.48. The molecule has 0 saturated carbocycles. The SMILES string of the molecule is CN1CCCC(N(C)C(CN)c2cc(Cl)ccc2Br)C1. The van der Waals surface area contributed by atoms with E-state index in [1.54, 1.807) is 0 Å². The van der Waals surface area contributed by atoms with Gasteiger partial charge in [-0.1, -0.05) is 27.5 Å². The van der Waals surface area contributed by atoms with Crippen molar-refractivity contribution in [1.29, 1.82) is 0 Å². The number of halogens is 2. The van der Waals surface area contributed by atoms with Crippen molar-refractivity contribution in [3.05, 3.63) is 33.3 Å². The normalized spacial score (nSPS) is 22.2. The molecule has 0 spiro atoms. The number of benzene rings is 1. The molecule has 1 aromatic carbocycles. The Bertz CT molecular complexity index is 455. The van der Waals surface area contributed by atoms with E-state index in [1.165, 1.54) is 24.9 Å². The number of nitrogens with zero attached hydrogens (tertiary/aromatic N) is 2. The zero-order valence-electron chi connectivity index (χ0n) is 12.1. The van der Waals surface area contributed by atoms with Crippen LogP contribution in [0, 0.1) is 0 Å². The fourth-order valence-corrected chi connectivity index (χ4v) is 3.70. The molecule has 1 aliphatic heterocycles. The Morgan fingerprint density at radius 3 is 2.95 bits per heavy atom. The van der Waals surface area contributed by atoms with Gasteiger partial charge in [0.2, 0.25) is 0 Å². The summed E-state index contributed by atoms with van der Waals surface area (Å²) < 4.78 is 1.08. The molecular weight excluding hydrogens is 338 g/mol. The minimum atomic E-state index is 0.194. The van der Waals surface area contributed by atoms with Gasteiger partial charge in [0, 0.05) is 34.7 Å². The first-order chi connectivity index (χ1) is 9.52. The zero-order valence-corrected chi connectivity index (χ0v) is 14.5. The van der Waals surface area contributed by atoms with Gasteiger partial charge in [0.1, 0.15) is 0 Å². The first-order valence-electron chi connectivity index (χ1n) is 7.08. The number of piperidine rings is 1. The average Bonchev–Trinajstić information content (AvgIpc) is 2.43. The van der Waals surface area contributed by atoms with Crippen molar-refractivity contribution < 1.29 is 0 Å². The smallest absolute Gasteiger partial charge is 0.0482 e. The molecule has 0 amide bonds. The summed E-state index contributed by atoms with van der Waals surface area (Å²) in [5, 5.41) is 0.760. The Hall–Kier alpha value is -0.130. The lowest BCUT2D eigenvalue weighted by Gasteiger charge is -2.40. The van der Waals surface area contributed by atoms with Gasteiger partial charge in [-0.05, 0) is 57.2 Å². The summed E-state index contributed by atoms with van der Waals surface area (Å²) in [6.45, 7) is 2.89. The van der Waals surface area contributed by atoms with E-state index < -0.39 is 0 Å². The maximum atomic E-state index is 6.14. The van der Waals surface area contributed by atoms with Crippen molar-refractivity contribution in [3.63, 3.8) is 0 Å². The maximum absolute atomic E-state index is 6.14. The molecule has 0 aliphatic carbocycles. The monoisotopic (exact) mass is 359 g/mol. The molecule has 1 aliphatic rings. The molecule has 1 aromatic rings. The van der Waals surface area contributed by atoms with E-state index in [2.05, 4.69) is 39.8 Å². The van der Waals surface area contributed by atoms with E-state index in [0.717, 1.165) is 16.0 Å². The number of likely N-dealkylation sites (tertiary alicyclic amines) is 1. The van der Waals surface area contributed by atoms with E-state index in [0.29, 0.717) is 12.6 Å². The highest BCUT2D eigenvalue weighted by molar-refractivity contribution is 9.10. The van der Waals surface area contributed by atoms with E-state index in [1.807, 2.05) is 18.2 Å². The quantitative estimate of drug-likeness (QED) is 0.895. The van der Waals surface area contributed by atoms with Gasteiger partial charge in [0.05, 0.1) is 0 Å². The Morgan fingerprint density at radius 2 is 2.30 bits per heavy atom. The molecule has 2 N–H and O–H groups in total. The number of nitrogens with two attached hydrogens (primary N) is 1. The van der Waals surface area contributed by atoms with Crippen LogP contribution < -0.4 is 5.73 Å². The van der Waals surface area contributed by atoms with Crippen LogP contribution in [0.25, 0.3) is 0 Å².